The van der Waals surface area contributed by atoms with Crippen molar-refractivity contribution in [3.8, 4) is 5.75 Å². The third-order valence-electron chi connectivity index (χ3n) is 10.1. The fourth-order valence-corrected chi connectivity index (χ4v) is 7.03. The topological polar surface area (TPSA) is 219 Å². The van der Waals surface area contributed by atoms with E-state index < -0.39 is 104 Å². The van der Waals surface area contributed by atoms with Crippen molar-refractivity contribution in [3.63, 3.8) is 0 Å². The first-order valence-corrected chi connectivity index (χ1v) is 17.2. The summed E-state index contributed by atoms with van der Waals surface area (Å²) in [5.74, 6) is -1.28. The van der Waals surface area contributed by atoms with E-state index in [0.717, 1.165) is 5.56 Å². The molecule has 3 saturated heterocycles. The molecule has 288 valence electrons. The summed E-state index contributed by atoms with van der Waals surface area (Å²) >= 11 is 0. The van der Waals surface area contributed by atoms with Gasteiger partial charge in [-0.1, -0.05) is 24.3 Å². The summed E-state index contributed by atoms with van der Waals surface area (Å²) in [5.41, 5.74) is 1.74. The zero-order chi connectivity index (χ0) is 38.0. The molecular weight excluding hydrogens is 704 g/mol. The van der Waals surface area contributed by atoms with Gasteiger partial charge in [0.1, 0.15) is 78.9 Å². The number of rotatable bonds is 13. The Morgan fingerprint density at radius 1 is 0.717 bits per heavy atom. The number of aliphatic hydroxyl groups is 8. The maximum Gasteiger partial charge on any atom is 0.233 e. The molecule has 3 aromatic rings. The van der Waals surface area contributed by atoms with E-state index in [1.54, 1.807) is 29.2 Å². The first-order valence-electron chi connectivity index (χ1n) is 17.2. The van der Waals surface area contributed by atoms with E-state index in [1.807, 2.05) is 0 Å². The highest BCUT2D eigenvalue weighted by molar-refractivity contribution is 6.03. The number of aliphatic hydroxyl groups excluding tert-OH is 8. The van der Waals surface area contributed by atoms with Crippen molar-refractivity contribution in [2.24, 2.45) is 5.92 Å². The second-order valence-electron chi connectivity index (χ2n) is 13.4. The number of amides is 1. The van der Waals surface area contributed by atoms with Gasteiger partial charge >= 0.3 is 0 Å². The minimum absolute atomic E-state index is 0.206. The van der Waals surface area contributed by atoms with E-state index in [-0.39, 0.29) is 18.9 Å². The molecule has 0 spiro atoms. The van der Waals surface area contributed by atoms with Crippen molar-refractivity contribution in [3.05, 3.63) is 95.6 Å². The molecule has 0 aromatic heterocycles. The standard InChI is InChI=1S/C37H43F2NO13/c38-20-5-1-18(2-6-20)25(43)14-13-24-29(40(36(24)49)22-9-7-21(39)8-10-22)19-3-11-23(12-4-19)50-17-28-31(45)33(47)35(27(16-42)51-28)53-37-34(48)32(46)30(44)26(15-41)52-37/h1-12,24-35,37,41-48H,13-17H2/t24-,25?,26?,27?,28?,29-,30?,31?,32?,33?,34?,35?,37?/m1/s1. The second kappa shape index (κ2) is 16.8. The van der Waals surface area contributed by atoms with Gasteiger partial charge in [-0.2, -0.15) is 0 Å². The lowest BCUT2D eigenvalue weighted by molar-refractivity contribution is -0.342. The summed E-state index contributed by atoms with van der Waals surface area (Å²) in [6.07, 6.45) is -15.6. The van der Waals surface area contributed by atoms with Crippen LogP contribution in [0.4, 0.5) is 14.5 Å². The Balaban J connectivity index is 1.10. The molecule has 16 heteroatoms. The molecule has 3 aliphatic heterocycles. The maximum absolute atomic E-state index is 13.7. The fraction of sp³-hybridized carbons (Fsp3) is 0.486. The number of benzene rings is 3. The Morgan fingerprint density at radius 2 is 1.32 bits per heavy atom. The lowest BCUT2D eigenvalue weighted by Crippen LogP contribution is -2.65. The van der Waals surface area contributed by atoms with Gasteiger partial charge in [-0.15, -0.1) is 0 Å². The van der Waals surface area contributed by atoms with Crippen LogP contribution in [-0.2, 0) is 19.0 Å². The van der Waals surface area contributed by atoms with Crippen molar-refractivity contribution in [1.29, 1.82) is 0 Å². The summed E-state index contributed by atoms with van der Waals surface area (Å²) in [4.78, 5) is 15.0. The molecule has 53 heavy (non-hydrogen) atoms. The average molecular weight is 748 g/mol. The number of β-lactam (4-membered cyclic amide) rings is 1. The minimum Gasteiger partial charge on any atom is -0.491 e. The van der Waals surface area contributed by atoms with Crippen LogP contribution in [-0.4, -0.2) is 128 Å². The third-order valence-corrected chi connectivity index (χ3v) is 10.1. The molecular formula is C37H43F2NO13. The molecule has 3 aliphatic rings. The van der Waals surface area contributed by atoms with Crippen LogP contribution in [0.25, 0.3) is 0 Å². The summed E-state index contributed by atoms with van der Waals surface area (Å²) in [7, 11) is 0. The van der Waals surface area contributed by atoms with E-state index in [2.05, 4.69) is 0 Å². The van der Waals surface area contributed by atoms with Gasteiger partial charge in [0.05, 0.1) is 31.3 Å². The summed E-state index contributed by atoms with van der Waals surface area (Å²) in [6, 6.07) is 17.3. The van der Waals surface area contributed by atoms with Crippen LogP contribution in [0, 0.1) is 17.6 Å². The number of hydrogen-bond acceptors (Lipinski definition) is 13. The van der Waals surface area contributed by atoms with Crippen molar-refractivity contribution >= 4 is 11.6 Å². The highest BCUT2D eigenvalue weighted by Gasteiger charge is 2.51. The molecule has 3 fully saturated rings. The fourth-order valence-electron chi connectivity index (χ4n) is 7.03. The maximum atomic E-state index is 13.7. The summed E-state index contributed by atoms with van der Waals surface area (Å²) < 4.78 is 49.7. The number of nitrogens with zero attached hydrogens (tertiary/aromatic N) is 1. The smallest absolute Gasteiger partial charge is 0.233 e. The Kier molecular flexibility index (Phi) is 12.4. The predicted octanol–water partition coefficient (Wildman–Crippen LogP) is 0.228. The molecule has 0 bridgehead atoms. The second-order valence-corrected chi connectivity index (χ2v) is 13.4. The molecule has 1 amide bonds. The normalized spacial score (nSPS) is 33.7. The Labute approximate surface area is 303 Å². The van der Waals surface area contributed by atoms with Crippen LogP contribution in [0.2, 0.25) is 0 Å². The van der Waals surface area contributed by atoms with Gasteiger partial charge in [0.2, 0.25) is 5.91 Å². The largest absolute Gasteiger partial charge is 0.491 e. The molecule has 6 rings (SSSR count). The van der Waals surface area contributed by atoms with Gasteiger partial charge < -0.3 is 64.7 Å². The van der Waals surface area contributed by atoms with Crippen molar-refractivity contribution in [2.45, 2.75) is 86.2 Å². The molecule has 3 heterocycles. The Hall–Kier alpha value is -3.65. The van der Waals surface area contributed by atoms with Crippen LogP contribution in [0.3, 0.4) is 0 Å². The lowest BCUT2D eigenvalue weighted by Gasteiger charge is -2.48. The minimum atomic E-state index is -1.79. The van der Waals surface area contributed by atoms with Gasteiger partial charge in [-0.25, -0.2) is 8.78 Å². The molecule has 0 saturated carbocycles. The first kappa shape index (κ1) is 39.1. The summed E-state index contributed by atoms with van der Waals surface area (Å²) in [6.45, 7) is -1.69. The van der Waals surface area contributed by atoms with Gasteiger partial charge in [0.15, 0.2) is 6.29 Å². The van der Waals surface area contributed by atoms with Crippen LogP contribution in [0.15, 0.2) is 72.8 Å². The zero-order valence-corrected chi connectivity index (χ0v) is 28.3. The monoisotopic (exact) mass is 747 g/mol. The number of carbonyl (C=O) groups is 1. The highest BCUT2D eigenvalue weighted by Crippen LogP contribution is 2.46. The molecule has 14 nitrogen and oxygen atoms in total. The van der Waals surface area contributed by atoms with E-state index >= 15 is 0 Å². The van der Waals surface area contributed by atoms with E-state index in [9.17, 15) is 54.4 Å². The quantitative estimate of drug-likeness (QED) is 0.110. The zero-order valence-electron chi connectivity index (χ0n) is 28.3. The average Bonchev–Trinajstić information content (AvgIpc) is 3.16. The van der Waals surface area contributed by atoms with Crippen molar-refractivity contribution in [2.75, 3.05) is 24.7 Å². The molecule has 0 radical (unpaired) electrons. The molecule has 11 unspecified atom stereocenters. The number of carbonyl (C=O) groups excluding carboxylic acids is 1. The van der Waals surface area contributed by atoms with Crippen LogP contribution in [0.5, 0.6) is 5.75 Å². The van der Waals surface area contributed by atoms with Crippen molar-refractivity contribution < 1.29 is 73.4 Å². The van der Waals surface area contributed by atoms with Crippen LogP contribution in [0.1, 0.15) is 36.1 Å². The Bertz CT molecular complexity index is 1650. The number of ether oxygens (including phenoxy) is 4. The summed E-state index contributed by atoms with van der Waals surface area (Å²) in [5, 5.41) is 82.5. The lowest BCUT2D eigenvalue weighted by atomic mass is 9.78. The number of anilines is 1. The SMILES string of the molecule is O=C1[C@H](CCC(O)c2ccc(F)cc2)[C@@H](c2ccc(OCC3OC(CO)C(OC4OC(CO)C(O)C(O)C4O)C(O)C3O)cc2)N1c1ccc(F)cc1. The van der Waals surface area contributed by atoms with Gasteiger partial charge in [0.25, 0.3) is 0 Å². The van der Waals surface area contributed by atoms with Crippen molar-refractivity contribution in [1.82, 2.24) is 0 Å². The molecule has 8 N–H and O–H groups in total. The van der Waals surface area contributed by atoms with Crippen LogP contribution < -0.4 is 9.64 Å². The Morgan fingerprint density at radius 3 is 1.94 bits per heavy atom. The molecule has 0 aliphatic carbocycles. The van der Waals surface area contributed by atoms with E-state index in [0.29, 0.717) is 23.4 Å². The van der Waals surface area contributed by atoms with E-state index in [4.69, 9.17) is 18.9 Å². The number of halogens is 2. The van der Waals surface area contributed by atoms with Gasteiger partial charge in [-0.05, 0) is 72.5 Å². The van der Waals surface area contributed by atoms with E-state index in [1.165, 1.54) is 48.5 Å². The molecule has 13 atom stereocenters. The molecule has 3 aromatic carbocycles. The first-order chi connectivity index (χ1) is 25.4. The predicted molar refractivity (Wildman–Crippen MR) is 179 cm³/mol. The van der Waals surface area contributed by atoms with Crippen LogP contribution >= 0.6 is 0 Å². The number of hydrogen-bond donors (Lipinski definition) is 8. The third kappa shape index (κ3) is 8.23. The van der Waals surface area contributed by atoms with Gasteiger partial charge in [0, 0.05) is 5.69 Å². The van der Waals surface area contributed by atoms with Gasteiger partial charge in [-0.3, -0.25) is 4.79 Å². The highest BCUT2D eigenvalue weighted by atomic mass is 19.1.